The summed E-state index contributed by atoms with van der Waals surface area (Å²) in [5, 5.41) is 13.5. The number of non-ortho nitro benzene ring substituents is 1. The summed E-state index contributed by atoms with van der Waals surface area (Å²) < 4.78 is 5.61. The minimum absolute atomic E-state index is 0.0641. The maximum atomic E-state index is 12.3. The Labute approximate surface area is 166 Å². The number of ether oxygens (including phenoxy) is 1. The van der Waals surface area contributed by atoms with E-state index in [1.54, 1.807) is 43.3 Å². The van der Waals surface area contributed by atoms with Gasteiger partial charge in [0.15, 0.2) is 6.10 Å². The summed E-state index contributed by atoms with van der Waals surface area (Å²) in [4.78, 5) is 24.4. The lowest BCUT2D eigenvalue weighted by atomic mass is 10.3. The summed E-state index contributed by atoms with van der Waals surface area (Å²) in [5.74, 6) is 0.402. The van der Waals surface area contributed by atoms with Crippen molar-refractivity contribution >= 4 is 29.0 Å². The number of hydrogen-bond donors (Lipinski definition) is 1. The molecule has 0 spiro atoms. The highest BCUT2D eigenvalue weighted by molar-refractivity contribution is 7.99. The van der Waals surface area contributed by atoms with Crippen LogP contribution >= 0.6 is 11.8 Å². The zero-order valence-electron chi connectivity index (χ0n) is 15.1. The van der Waals surface area contributed by atoms with Gasteiger partial charge in [0.25, 0.3) is 11.6 Å². The zero-order valence-corrected chi connectivity index (χ0v) is 15.9. The molecule has 0 radical (unpaired) electrons. The molecule has 1 N–H and O–H groups in total. The van der Waals surface area contributed by atoms with Crippen LogP contribution < -0.4 is 10.1 Å². The van der Waals surface area contributed by atoms with Gasteiger partial charge in [-0.1, -0.05) is 30.0 Å². The van der Waals surface area contributed by atoms with Crippen LogP contribution in [0, 0.1) is 10.1 Å². The van der Waals surface area contributed by atoms with Crippen molar-refractivity contribution in [2.24, 2.45) is 0 Å². The molecule has 0 saturated carbocycles. The van der Waals surface area contributed by atoms with Crippen molar-refractivity contribution in [2.45, 2.75) is 22.8 Å². The normalized spacial score (nSPS) is 11.5. The summed E-state index contributed by atoms with van der Waals surface area (Å²) in [6, 6.07) is 22.9. The predicted octanol–water partition coefficient (Wildman–Crippen LogP) is 5.15. The van der Waals surface area contributed by atoms with E-state index in [0.717, 1.165) is 9.79 Å². The smallest absolute Gasteiger partial charge is 0.269 e. The topological polar surface area (TPSA) is 81.5 Å². The number of hydrogen-bond acceptors (Lipinski definition) is 5. The lowest BCUT2D eigenvalue weighted by Crippen LogP contribution is -2.30. The molecule has 0 unspecified atom stereocenters. The molecule has 0 aliphatic rings. The second-order valence-corrected chi connectivity index (χ2v) is 7.09. The van der Waals surface area contributed by atoms with Crippen LogP contribution in [0.2, 0.25) is 0 Å². The van der Waals surface area contributed by atoms with Crippen molar-refractivity contribution in [1.29, 1.82) is 0 Å². The molecule has 0 heterocycles. The van der Waals surface area contributed by atoms with Crippen LogP contribution in [0.25, 0.3) is 0 Å². The SMILES string of the molecule is C[C@@H](Oc1ccccc1)C(=O)Nc1ccc(Sc2ccc([N+](=O)[O-])cc2)cc1. The fourth-order valence-electron chi connectivity index (χ4n) is 2.38. The van der Waals surface area contributed by atoms with E-state index in [2.05, 4.69) is 5.32 Å². The molecule has 0 fully saturated rings. The fraction of sp³-hybridized carbons (Fsp3) is 0.0952. The van der Waals surface area contributed by atoms with Gasteiger partial charge in [0, 0.05) is 27.6 Å². The Morgan fingerprint density at radius 1 is 0.964 bits per heavy atom. The van der Waals surface area contributed by atoms with Gasteiger partial charge in [0.2, 0.25) is 0 Å². The Bertz CT molecular complexity index is 944. The largest absolute Gasteiger partial charge is 0.481 e. The Morgan fingerprint density at radius 3 is 2.11 bits per heavy atom. The van der Waals surface area contributed by atoms with Gasteiger partial charge in [0.05, 0.1) is 4.92 Å². The summed E-state index contributed by atoms with van der Waals surface area (Å²) in [7, 11) is 0. The molecule has 3 rings (SSSR count). The molecule has 6 nitrogen and oxygen atoms in total. The second kappa shape index (κ2) is 9.05. The first-order valence-electron chi connectivity index (χ1n) is 8.56. The quantitative estimate of drug-likeness (QED) is 0.443. The molecule has 3 aromatic carbocycles. The Morgan fingerprint density at radius 2 is 1.54 bits per heavy atom. The van der Waals surface area contributed by atoms with Gasteiger partial charge >= 0.3 is 0 Å². The van der Waals surface area contributed by atoms with Crippen LogP contribution in [0.3, 0.4) is 0 Å². The molecule has 28 heavy (non-hydrogen) atoms. The van der Waals surface area contributed by atoms with Crippen molar-refractivity contribution in [2.75, 3.05) is 5.32 Å². The van der Waals surface area contributed by atoms with E-state index in [1.807, 2.05) is 30.3 Å². The average Bonchev–Trinajstić information content (AvgIpc) is 2.70. The minimum Gasteiger partial charge on any atom is -0.481 e. The number of carbonyl (C=O) groups is 1. The third-order valence-electron chi connectivity index (χ3n) is 3.83. The number of nitro groups is 1. The maximum absolute atomic E-state index is 12.3. The van der Waals surface area contributed by atoms with Crippen molar-refractivity contribution in [3.8, 4) is 5.75 Å². The van der Waals surface area contributed by atoms with Gasteiger partial charge in [-0.25, -0.2) is 0 Å². The predicted molar refractivity (Wildman–Crippen MR) is 109 cm³/mol. The van der Waals surface area contributed by atoms with Crippen molar-refractivity contribution < 1.29 is 14.5 Å². The number of rotatable bonds is 7. The van der Waals surface area contributed by atoms with Gasteiger partial charge in [0.1, 0.15) is 5.75 Å². The molecule has 3 aromatic rings. The van der Waals surface area contributed by atoms with Gasteiger partial charge < -0.3 is 10.1 Å². The number of nitrogens with one attached hydrogen (secondary N) is 1. The summed E-state index contributed by atoms with van der Waals surface area (Å²) in [6.45, 7) is 1.70. The molecule has 0 aromatic heterocycles. The molecule has 0 bridgehead atoms. The number of anilines is 1. The molecule has 0 saturated heterocycles. The van der Waals surface area contributed by atoms with E-state index in [1.165, 1.54) is 23.9 Å². The highest BCUT2D eigenvalue weighted by atomic mass is 32.2. The fourth-order valence-corrected chi connectivity index (χ4v) is 3.20. The van der Waals surface area contributed by atoms with E-state index in [9.17, 15) is 14.9 Å². The highest BCUT2D eigenvalue weighted by Crippen LogP contribution is 2.29. The maximum Gasteiger partial charge on any atom is 0.269 e. The van der Waals surface area contributed by atoms with Crippen molar-refractivity contribution in [3.05, 3.63) is 89.0 Å². The summed E-state index contributed by atoms with van der Waals surface area (Å²) in [5.41, 5.74) is 0.732. The van der Waals surface area contributed by atoms with Gasteiger partial charge in [-0.2, -0.15) is 0 Å². The van der Waals surface area contributed by atoms with Crippen LogP contribution in [0.5, 0.6) is 5.75 Å². The van der Waals surface area contributed by atoms with Gasteiger partial charge in [-0.05, 0) is 55.5 Å². The van der Waals surface area contributed by atoms with Gasteiger partial charge in [-0.3, -0.25) is 14.9 Å². The third kappa shape index (κ3) is 5.34. The molecule has 1 amide bonds. The molecule has 142 valence electrons. The molecule has 0 aliphatic carbocycles. The van der Waals surface area contributed by atoms with Crippen LogP contribution in [0.4, 0.5) is 11.4 Å². The number of nitrogens with zero attached hydrogens (tertiary/aromatic N) is 1. The van der Waals surface area contributed by atoms with Crippen molar-refractivity contribution in [1.82, 2.24) is 0 Å². The van der Waals surface area contributed by atoms with E-state index >= 15 is 0 Å². The van der Waals surface area contributed by atoms with Crippen LogP contribution in [0.1, 0.15) is 6.92 Å². The second-order valence-electron chi connectivity index (χ2n) is 5.94. The lowest BCUT2D eigenvalue weighted by Gasteiger charge is -2.14. The number of amides is 1. The van der Waals surface area contributed by atoms with Gasteiger partial charge in [-0.15, -0.1) is 0 Å². The first kappa shape index (κ1) is 19.4. The number of para-hydroxylation sites is 1. The molecule has 1 atom stereocenters. The monoisotopic (exact) mass is 394 g/mol. The Balaban J connectivity index is 1.56. The molecular weight excluding hydrogens is 376 g/mol. The van der Waals surface area contributed by atoms with Crippen LogP contribution in [0.15, 0.2) is 88.7 Å². The summed E-state index contributed by atoms with van der Waals surface area (Å²) >= 11 is 1.48. The van der Waals surface area contributed by atoms with Crippen molar-refractivity contribution in [3.63, 3.8) is 0 Å². The summed E-state index contributed by atoms with van der Waals surface area (Å²) in [6.07, 6.45) is -0.628. The lowest BCUT2D eigenvalue weighted by molar-refractivity contribution is -0.384. The molecule has 0 aliphatic heterocycles. The number of nitro benzene ring substituents is 1. The molecular formula is C21H18N2O4S. The zero-order chi connectivity index (χ0) is 19.9. The Hall–Kier alpha value is -3.32. The highest BCUT2D eigenvalue weighted by Gasteiger charge is 2.14. The van der Waals surface area contributed by atoms with Crippen LogP contribution in [-0.2, 0) is 4.79 Å². The number of benzene rings is 3. The standard InChI is InChI=1S/C21H18N2O4S/c1-15(27-18-5-3-2-4-6-18)21(24)22-16-7-11-19(12-8-16)28-20-13-9-17(10-14-20)23(25)26/h2-15H,1H3,(H,22,24)/t15-/m1/s1. The molecule has 7 heteroatoms. The minimum atomic E-state index is -0.628. The van der Waals surface area contributed by atoms with E-state index in [4.69, 9.17) is 4.74 Å². The van der Waals surface area contributed by atoms with E-state index in [0.29, 0.717) is 11.4 Å². The first-order valence-corrected chi connectivity index (χ1v) is 9.38. The van der Waals surface area contributed by atoms with Crippen LogP contribution in [-0.4, -0.2) is 16.9 Å². The van der Waals surface area contributed by atoms with E-state index < -0.39 is 11.0 Å². The van der Waals surface area contributed by atoms with E-state index in [-0.39, 0.29) is 11.6 Å². The third-order valence-corrected chi connectivity index (χ3v) is 4.85. The number of carbonyl (C=O) groups excluding carboxylic acids is 1. The average molecular weight is 394 g/mol. The Kier molecular flexibility index (Phi) is 6.29. The first-order chi connectivity index (χ1) is 13.5.